The second-order valence-electron chi connectivity index (χ2n) is 8.19. The van der Waals surface area contributed by atoms with Crippen molar-refractivity contribution < 1.29 is 28.2 Å². The van der Waals surface area contributed by atoms with E-state index in [0.717, 1.165) is 5.39 Å². The number of benzene rings is 3. The number of carboxylic acid groups (broad SMARTS) is 1. The van der Waals surface area contributed by atoms with Crippen LogP contribution < -0.4 is 15.6 Å². The lowest BCUT2D eigenvalue weighted by atomic mass is 10.1. The molecule has 0 fully saturated rings. The average Bonchev–Trinajstić information content (AvgIpc) is 3.46. The number of carbonyl (C=O) groups excluding carboxylic acids is 1. The van der Waals surface area contributed by atoms with E-state index in [1.165, 1.54) is 41.7 Å². The van der Waals surface area contributed by atoms with E-state index in [0.29, 0.717) is 10.3 Å². The molecule has 0 saturated carbocycles. The number of sulfonamides is 1. The molecule has 5 aromatic rings. The number of nitrogens with one attached hydrogen (secondary N) is 3. The molecule has 5 rings (SSSR count). The minimum Gasteiger partial charge on any atom is -0.501 e. The largest absolute Gasteiger partial charge is 0.501 e. The summed E-state index contributed by atoms with van der Waals surface area (Å²) < 4.78 is 29.5. The van der Waals surface area contributed by atoms with Gasteiger partial charge in [0, 0.05) is 5.56 Å². The lowest BCUT2D eigenvalue weighted by Crippen LogP contribution is -2.19. The van der Waals surface area contributed by atoms with E-state index < -0.39 is 38.9 Å². The van der Waals surface area contributed by atoms with Crippen molar-refractivity contribution in [3.63, 3.8) is 0 Å². The first-order chi connectivity index (χ1) is 18.6. The van der Waals surface area contributed by atoms with E-state index in [4.69, 9.17) is 0 Å². The second kappa shape index (κ2) is 10.0. The van der Waals surface area contributed by atoms with E-state index in [-0.39, 0.29) is 27.7 Å². The zero-order valence-corrected chi connectivity index (χ0v) is 21.3. The van der Waals surface area contributed by atoms with Gasteiger partial charge >= 0.3 is 5.97 Å². The molecule has 0 aliphatic heterocycles. The number of aromatic hydroxyl groups is 1. The molecule has 0 radical (unpaired) electrons. The average molecular weight is 563 g/mol. The van der Waals surface area contributed by atoms with Crippen LogP contribution in [0.5, 0.6) is 5.75 Å². The lowest BCUT2D eigenvalue weighted by molar-refractivity contribution is 0.0686. The minimum atomic E-state index is -4.28. The zero-order valence-electron chi connectivity index (χ0n) is 19.7. The fourth-order valence-corrected chi connectivity index (χ4v) is 5.58. The van der Waals surface area contributed by atoms with Gasteiger partial charge in [-0.3, -0.25) is 14.3 Å². The van der Waals surface area contributed by atoms with Crippen molar-refractivity contribution in [2.75, 3.05) is 10.0 Å². The highest BCUT2D eigenvalue weighted by Gasteiger charge is 2.24. The number of H-pyrrole nitrogens is 1. The molecule has 0 atom stereocenters. The molecule has 0 aliphatic carbocycles. The van der Waals surface area contributed by atoms with Crippen molar-refractivity contribution in [2.45, 2.75) is 4.90 Å². The third-order valence-electron chi connectivity index (χ3n) is 5.68. The van der Waals surface area contributed by atoms with Crippen molar-refractivity contribution >= 4 is 55.4 Å². The number of hydrogen-bond acceptors (Lipinski definition) is 8. The molecule has 2 aromatic heterocycles. The number of carbonyl (C=O) groups is 2. The molecule has 11 nitrogen and oxygen atoms in total. The number of nitrogens with zero attached hydrogens (tertiary/aromatic N) is 1. The standard InChI is InChI=1S/C26H18N4O7S2/c31-22-21(26(34)35)28-23(29-25(22)33)17-7-3-8-18(27-24(32)19-9-4-12-38-19)20(17)30-39(36,37)16-11-10-14-5-1-2-6-15(14)13-16/h1-13,30-31H,(H,27,32)(H,34,35)(H,28,29,33). The Morgan fingerprint density at radius 2 is 1.72 bits per heavy atom. The summed E-state index contributed by atoms with van der Waals surface area (Å²) in [4.78, 5) is 43.0. The molecule has 0 spiro atoms. The summed E-state index contributed by atoms with van der Waals surface area (Å²) >= 11 is 1.17. The van der Waals surface area contributed by atoms with Gasteiger partial charge in [0.15, 0.2) is 5.69 Å². The van der Waals surface area contributed by atoms with Crippen LogP contribution in [0.3, 0.4) is 0 Å². The summed E-state index contributed by atoms with van der Waals surface area (Å²) in [5.41, 5.74) is -2.29. The molecule has 0 saturated heterocycles. The van der Waals surface area contributed by atoms with E-state index in [9.17, 15) is 33.0 Å². The van der Waals surface area contributed by atoms with Crippen LogP contribution in [0.25, 0.3) is 22.2 Å². The Morgan fingerprint density at radius 1 is 0.949 bits per heavy atom. The van der Waals surface area contributed by atoms with Gasteiger partial charge in [-0.1, -0.05) is 42.5 Å². The number of rotatable bonds is 7. The number of anilines is 2. The zero-order chi connectivity index (χ0) is 27.7. The van der Waals surface area contributed by atoms with E-state index in [1.54, 1.807) is 35.7 Å². The van der Waals surface area contributed by atoms with E-state index in [2.05, 4.69) is 20.0 Å². The van der Waals surface area contributed by atoms with E-state index >= 15 is 0 Å². The van der Waals surface area contributed by atoms with Crippen LogP contribution in [-0.4, -0.2) is 40.5 Å². The topological polar surface area (TPSA) is 179 Å². The summed E-state index contributed by atoms with van der Waals surface area (Å²) in [7, 11) is -4.28. The van der Waals surface area contributed by atoms with Crippen LogP contribution in [0.1, 0.15) is 20.2 Å². The number of hydrogen-bond donors (Lipinski definition) is 5. The first kappa shape index (κ1) is 25.6. The normalized spacial score (nSPS) is 11.3. The summed E-state index contributed by atoms with van der Waals surface area (Å²) in [5.74, 6) is -3.64. The smallest absolute Gasteiger partial charge is 0.358 e. The Labute approximate surface area is 224 Å². The Balaban J connectivity index is 1.67. The molecule has 2 heterocycles. The van der Waals surface area contributed by atoms with Gasteiger partial charge in [-0.05, 0) is 46.5 Å². The fourth-order valence-electron chi connectivity index (χ4n) is 3.83. The van der Waals surface area contributed by atoms with Crippen molar-refractivity contribution in [3.05, 3.63) is 99.1 Å². The quantitative estimate of drug-likeness (QED) is 0.197. The van der Waals surface area contributed by atoms with Gasteiger partial charge < -0.3 is 20.5 Å². The predicted octanol–water partition coefficient (Wildman–Crippen LogP) is 4.11. The maximum absolute atomic E-state index is 13.5. The van der Waals surface area contributed by atoms with Gasteiger partial charge in [0.05, 0.1) is 21.1 Å². The van der Waals surface area contributed by atoms with Gasteiger partial charge in [0.1, 0.15) is 5.82 Å². The van der Waals surface area contributed by atoms with Crippen LogP contribution in [0, 0.1) is 0 Å². The van der Waals surface area contributed by atoms with Crippen LogP contribution in [-0.2, 0) is 10.0 Å². The number of carboxylic acids is 1. The molecule has 39 heavy (non-hydrogen) atoms. The fraction of sp³-hybridized carbons (Fsp3) is 0. The molecule has 0 aliphatic rings. The van der Waals surface area contributed by atoms with Crippen molar-refractivity contribution in [2.24, 2.45) is 0 Å². The summed E-state index contributed by atoms with van der Waals surface area (Å²) in [6, 6.07) is 19.3. The highest BCUT2D eigenvalue weighted by Crippen LogP contribution is 2.35. The van der Waals surface area contributed by atoms with Crippen LogP contribution >= 0.6 is 11.3 Å². The molecule has 196 valence electrons. The molecular weight excluding hydrogens is 544 g/mol. The minimum absolute atomic E-state index is 0.0165. The lowest BCUT2D eigenvalue weighted by Gasteiger charge is -2.17. The van der Waals surface area contributed by atoms with Crippen molar-refractivity contribution in [3.8, 4) is 17.1 Å². The third kappa shape index (κ3) is 5.08. The number of aromatic amines is 1. The molecular formula is C26H18N4O7S2. The van der Waals surface area contributed by atoms with Crippen LogP contribution in [0.2, 0.25) is 0 Å². The van der Waals surface area contributed by atoms with Gasteiger partial charge in [-0.25, -0.2) is 18.2 Å². The van der Waals surface area contributed by atoms with Gasteiger partial charge in [-0.15, -0.1) is 11.3 Å². The Bertz CT molecular complexity index is 1920. The first-order valence-corrected chi connectivity index (χ1v) is 13.6. The number of aromatic nitrogens is 2. The predicted molar refractivity (Wildman–Crippen MR) is 146 cm³/mol. The maximum atomic E-state index is 13.5. The SMILES string of the molecule is O=C(Nc1cccc(-c2nc(C(=O)O)c(O)c(=O)[nH]2)c1NS(=O)(=O)c1ccc2ccccc2c1)c1cccs1. The summed E-state index contributed by atoms with van der Waals surface area (Å²) in [5, 5.41) is 25.1. The Kier molecular flexibility index (Phi) is 6.60. The number of thiophene rings is 1. The number of fused-ring (bicyclic) bond motifs is 1. The molecule has 1 amide bonds. The van der Waals surface area contributed by atoms with Gasteiger partial charge in [-0.2, -0.15) is 0 Å². The Morgan fingerprint density at radius 3 is 2.44 bits per heavy atom. The maximum Gasteiger partial charge on any atom is 0.358 e. The first-order valence-electron chi connectivity index (χ1n) is 11.2. The van der Waals surface area contributed by atoms with Crippen molar-refractivity contribution in [1.82, 2.24) is 9.97 Å². The Hall–Kier alpha value is -5.01. The molecule has 5 N–H and O–H groups in total. The summed E-state index contributed by atoms with van der Waals surface area (Å²) in [6.07, 6.45) is 0. The third-order valence-corrected chi connectivity index (χ3v) is 7.89. The van der Waals surface area contributed by atoms with Crippen molar-refractivity contribution in [1.29, 1.82) is 0 Å². The van der Waals surface area contributed by atoms with Crippen LogP contribution in [0.15, 0.2) is 87.9 Å². The molecule has 0 bridgehead atoms. The highest BCUT2D eigenvalue weighted by molar-refractivity contribution is 7.92. The highest BCUT2D eigenvalue weighted by atomic mass is 32.2. The van der Waals surface area contributed by atoms with Crippen LogP contribution in [0.4, 0.5) is 11.4 Å². The van der Waals surface area contributed by atoms with Gasteiger partial charge in [0.25, 0.3) is 21.5 Å². The molecule has 3 aromatic carbocycles. The van der Waals surface area contributed by atoms with E-state index in [1.807, 2.05) is 12.1 Å². The number of para-hydroxylation sites is 1. The number of amides is 1. The van der Waals surface area contributed by atoms with Gasteiger partial charge in [0.2, 0.25) is 5.75 Å². The molecule has 13 heteroatoms. The molecule has 0 unspecified atom stereocenters. The number of aromatic carboxylic acids is 1. The summed E-state index contributed by atoms with van der Waals surface area (Å²) in [6.45, 7) is 0. The second-order valence-corrected chi connectivity index (χ2v) is 10.8. The monoisotopic (exact) mass is 562 g/mol.